The van der Waals surface area contributed by atoms with E-state index in [1.807, 2.05) is 18.2 Å². The zero-order valence-corrected chi connectivity index (χ0v) is 36.7. The van der Waals surface area contributed by atoms with E-state index in [2.05, 4.69) is 74.6 Å². The lowest BCUT2D eigenvalue weighted by molar-refractivity contribution is -0.220. The van der Waals surface area contributed by atoms with Crippen molar-refractivity contribution in [1.82, 2.24) is 0 Å². The van der Waals surface area contributed by atoms with Crippen LogP contribution < -0.4 is 0 Å². The van der Waals surface area contributed by atoms with Crippen LogP contribution in [0.25, 0.3) is 0 Å². The molecular formula is C46H77O12P. The minimum Gasteiger partial charge on any atom is -0.457 e. The van der Waals surface area contributed by atoms with Crippen molar-refractivity contribution in [2.75, 3.05) is 19.8 Å². The first-order valence-corrected chi connectivity index (χ1v) is 23.4. The highest BCUT2D eigenvalue weighted by Gasteiger charge is 2.51. The molecule has 13 heteroatoms. The van der Waals surface area contributed by atoms with Crippen molar-refractivity contribution in [3.05, 3.63) is 85.1 Å². The van der Waals surface area contributed by atoms with E-state index in [0.717, 1.165) is 77.0 Å². The molecule has 0 amide bonds. The average molecular weight is 853 g/mol. The molecule has 12 nitrogen and oxygen atoms in total. The van der Waals surface area contributed by atoms with Gasteiger partial charge in [-0.25, -0.2) is 4.57 Å². The molecule has 6 atom stereocenters. The molecule has 0 bridgehead atoms. The quantitative estimate of drug-likeness (QED) is 0.0154. The van der Waals surface area contributed by atoms with Gasteiger partial charge in [0.25, 0.3) is 0 Å². The second-order valence-electron chi connectivity index (χ2n) is 14.8. The third kappa shape index (κ3) is 28.6. The van der Waals surface area contributed by atoms with Gasteiger partial charge in [0.15, 0.2) is 0 Å². The number of hydrogen-bond acceptors (Lipinski definition) is 11. The molecule has 1 fully saturated rings. The molecule has 0 radical (unpaired) electrons. The molecule has 0 aromatic carbocycles. The largest absolute Gasteiger partial charge is 0.472 e. The Morgan fingerprint density at radius 1 is 0.559 bits per heavy atom. The lowest BCUT2D eigenvalue weighted by atomic mass is 9.85. The van der Waals surface area contributed by atoms with Crippen molar-refractivity contribution in [1.29, 1.82) is 0 Å². The smallest absolute Gasteiger partial charge is 0.457 e. The van der Waals surface area contributed by atoms with Crippen LogP contribution in [0.1, 0.15) is 136 Å². The number of allylic oxidation sites excluding steroid dienone is 13. The van der Waals surface area contributed by atoms with Gasteiger partial charge in [-0.15, -0.1) is 0 Å². The highest BCUT2D eigenvalue weighted by atomic mass is 31.2. The average Bonchev–Trinajstić information content (AvgIpc) is 3.22. The maximum Gasteiger partial charge on any atom is 0.472 e. The van der Waals surface area contributed by atoms with Gasteiger partial charge in [0.05, 0.1) is 19.6 Å². The summed E-state index contributed by atoms with van der Waals surface area (Å²) in [5, 5.41) is 50.1. The van der Waals surface area contributed by atoms with Crippen LogP contribution in [0.4, 0.5) is 0 Å². The van der Waals surface area contributed by atoms with E-state index >= 15 is 0 Å². The minimum atomic E-state index is -5.05. The summed E-state index contributed by atoms with van der Waals surface area (Å²) in [5.74, 6) is -0.611. The number of phosphoric ester groups is 1. The molecular weight excluding hydrogens is 775 g/mol. The summed E-state index contributed by atoms with van der Waals surface area (Å²) in [5.41, 5.74) is 0. The summed E-state index contributed by atoms with van der Waals surface area (Å²) in [4.78, 5) is 23.0. The number of aliphatic hydroxyl groups is 5. The Labute approximate surface area is 354 Å². The van der Waals surface area contributed by atoms with E-state index in [9.17, 15) is 39.8 Å². The molecule has 1 saturated carbocycles. The fourth-order valence-electron chi connectivity index (χ4n) is 6.05. The van der Waals surface area contributed by atoms with Crippen LogP contribution in [-0.2, 0) is 27.9 Å². The van der Waals surface area contributed by atoms with Crippen LogP contribution in [0, 0.1) is 0 Å². The first kappa shape index (κ1) is 54.5. The van der Waals surface area contributed by atoms with Crippen LogP contribution >= 0.6 is 7.82 Å². The predicted octanol–water partition coefficient (Wildman–Crippen LogP) is 8.58. The number of aliphatic hydroxyl groups excluding tert-OH is 5. The standard InChI is InChI=1S/C46H77O12P/c1-3-5-7-9-11-13-15-17-19-20-22-24-26-28-30-32-34-36-55-37-39(38-56-59(53,54)58-46-44(51)42(49)41(48)43(50)45(46)52)57-40(47)35-33-31-29-27-25-23-21-18-16-14-12-10-8-6-4-2/h6,8,12-15,18-21,25,27,31,33,39,41-46,48-52H,3-5,7,9-11,16-17,22-24,26,28-30,32,34-38H2,1-2H3,(H,53,54)/b8-6-,14-12-,15-13-,20-19-,21-18-,27-25-,33-31-. The van der Waals surface area contributed by atoms with Crippen LogP contribution in [-0.4, -0.2) is 98.9 Å². The fourth-order valence-corrected chi connectivity index (χ4v) is 7.02. The summed E-state index contributed by atoms with van der Waals surface area (Å²) < 4.78 is 34.0. The number of unbranched alkanes of at least 4 members (excludes halogenated alkanes) is 10. The maximum absolute atomic E-state index is 12.8. The van der Waals surface area contributed by atoms with Crippen LogP contribution in [0.2, 0.25) is 0 Å². The number of carbonyl (C=O) groups excluding carboxylic acids is 1. The van der Waals surface area contributed by atoms with Gasteiger partial charge in [-0.2, -0.15) is 0 Å². The Morgan fingerprint density at radius 2 is 1.00 bits per heavy atom. The lowest BCUT2D eigenvalue weighted by Gasteiger charge is -2.41. The number of hydrogen-bond donors (Lipinski definition) is 6. The molecule has 1 aliphatic rings. The van der Waals surface area contributed by atoms with Crippen molar-refractivity contribution in [2.24, 2.45) is 0 Å². The highest BCUT2D eigenvalue weighted by molar-refractivity contribution is 7.47. The molecule has 0 aromatic rings. The number of rotatable bonds is 35. The van der Waals surface area contributed by atoms with Crippen molar-refractivity contribution in [2.45, 2.75) is 179 Å². The molecule has 1 aliphatic carbocycles. The van der Waals surface area contributed by atoms with Gasteiger partial charge < -0.3 is 39.9 Å². The summed E-state index contributed by atoms with van der Waals surface area (Å²) in [7, 11) is -5.05. The van der Waals surface area contributed by atoms with Crippen molar-refractivity contribution in [3.63, 3.8) is 0 Å². The zero-order valence-electron chi connectivity index (χ0n) is 35.8. The van der Waals surface area contributed by atoms with Gasteiger partial charge in [-0.05, 0) is 70.6 Å². The Morgan fingerprint density at radius 3 is 1.53 bits per heavy atom. The first-order chi connectivity index (χ1) is 28.5. The molecule has 338 valence electrons. The van der Waals surface area contributed by atoms with Gasteiger partial charge in [0, 0.05) is 6.61 Å². The maximum atomic E-state index is 12.8. The molecule has 0 aromatic heterocycles. The van der Waals surface area contributed by atoms with E-state index in [0.29, 0.717) is 13.0 Å². The zero-order chi connectivity index (χ0) is 43.4. The second-order valence-corrected chi connectivity index (χ2v) is 16.2. The van der Waals surface area contributed by atoms with E-state index in [-0.39, 0.29) is 13.0 Å². The van der Waals surface area contributed by atoms with E-state index in [1.54, 1.807) is 6.08 Å². The number of phosphoric acid groups is 1. The van der Waals surface area contributed by atoms with Gasteiger partial charge in [0.1, 0.15) is 42.7 Å². The lowest BCUT2D eigenvalue weighted by Crippen LogP contribution is -2.64. The Kier molecular flexibility index (Phi) is 33.5. The van der Waals surface area contributed by atoms with Crippen molar-refractivity contribution < 1.29 is 58.3 Å². The topological polar surface area (TPSA) is 192 Å². The molecule has 0 saturated heterocycles. The minimum absolute atomic E-state index is 0.0537. The van der Waals surface area contributed by atoms with Gasteiger partial charge >= 0.3 is 13.8 Å². The van der Waals surface area contributed by atoms with Crippen LogP contribution in [0.5, 0.6) is 0 Å². The SMILES string of the molecule is CC/C=C\C/C=C\C/C=C\C/C=C\C/C=C\CC(=O)OC(COCCCCCCCC/C=C\C/C=C\CCCCCC)COP(=O)(O)OC1C(O)C(O)C(O)C(O)C1O. The van der Waals surface area contributed by atoms with Crippen LogP contribution in [0.15, 0.2) is 85.1 Å². The third-order valence-electron chi connectivity index (χ3n) is 9.53. The Bertz CT molecular complexity index is 1290. The molecule has 1 rings (SSSR count). The number of esters is 1. The normalized spacial score (nSPS) is 23.3. The molecule has 6 unspecified atom stereocenters. The fraction of sp³-hybridized carbons (Fsp3) is 0.674. The highest BCUT2D eigenvalue weighted by Crippen LogP contribution is 2.47. The molecule has 0 aliphatic heterocycles. The third-order valence-corrected chi connectivity index (χ3v) is 10.5. The molecule has 59 heavy (non-hydrogen) atoms. The Balaban J connectivity index is 2.50. The summed E-state index contributed by atoms with van der Waals surface area (Å²) >= 11 is 0. The molecule has 0 spiro atoms. The van der Waals surface area contributed by atoms with Gasteiger partial charge in [-0.1, -0.05) is 144 Å². The molecule has 0 heterocycles. The first-order valence-electron chi connectivity index (χ1n) is 21.9. The van der Waals surface area contributed by atoms with Gasteiger partial charge in [-0.3, -0.25) is 13.8 Å². The van der Waals surface area contributed by atoms with Crippen LogP contribution in [0.3, 0.4) is 0 Å². The summed E-state index contributed by atoms with van der Waals surface area (Å²) in [6.45, 7) is 3.97. The van der Waals surface area contributed by atoms with E-state index < -0.39 is 63.1 Å². The summed E-state index contributed by atoms with van der Waals surface area (Å²) in [6.07, 6.45) is 35.4. The van der Waals surface area contributed by atoms with Crippen molar-refractivity contribution >= 4 is 13.8 Å². The second kappa shape index (κ2) is 36.2. The molecule has 6 N–H and O–H groups in total. The van der Waals surface area contributed by atoms with E-state index in [4.69, 9.17) is 18.5 Å². The predicted molar refractivity (Wildman–Crippen MR) is 234 cm³/mol. The number of carbonyl (C=O) groups is 1. The summed E-state index contributed by atoms with van der Waals surface area (Å²) in [6, 6.07) is 0. The van der Waals surface area contributed by atoms with E-state index in [1.165, 1.54) is 32.1 Å². The monoisotopic (exact) mass is 853 g/mol. The Hall–Kier alpha value is -2.48. The van der Waals surface area contributed by atoms with Crippen molar-refractivity contribution in [3.8, 4) is 0 Å². The number of ether oxygens (including phenoxy) is 2. The van der Waals surface area contributed by atoms with Gasteiger partial charge in [0.2, 0.25) is 0 Å².